The molecule has 3 aromatic rings. The summed E-state index contributed by atoms with van der Waals surface area (Å²) in [5.41, 5.74) is 4.16. The molecule has 0 fully saturated rings. The Balaban J connectivity index is 1.86. The van der Waals surface area contributed by atoms with Crippen molar-refractivity contribution in [2.75, 3.05) is 6.54 Å². The Bertz CT molecular complexity index is 695. The Kier molecular flexibility index (Phi) is 4.42. The van der Waals surface area contributed by atoms with Crippen LogP contribution in [-0.4, -0.2) is 17.2 Å². The number of nitrogens with one attached hydrogen (secondary N) is 1. The van der Waals surface area contributed by atoms with Crippen LogP contribution >= 0.6 is 11.3 Å². The lowest BCUT2D eigenvalue weighted by atomic mass is 10.1. The maximum atomic E-state index is 3.51. The summed E-state index contributed by atoms with van der Waals surface area (Å²) in [4.78, 5) is 0. The van der Waals surface area contributed by atoms with Gasteiger partial charge >= 0.3 is 0 Å². The van der Waals surface area contributed by atoms with Gasteiger partial charge in [0, 0.05) is 29.7 Å². The number of hydrogen-bond acceptors (Lipinski definition) is 2. The van der Waals surface area contributed by atoms with Crippen LogP contribution in [0.3, 0.4) is 0 Å². The summed E-state index contributed by atoms with van der Waals surface area (Å²) in [5, 5.41) is 9.27. The first-order valence-corrected chi connectivity index (χ1v) is 8.49. The molecule has 2 nitrogen and oxygen atoms in total. The van der Waals surface area contributed by atoms with Gasteiger partial charge in [-0.3, -0.25) is 0 Å². The van der Waals surface area contributed by atoms with Gasteiger partial charge in [-0.25, -0.2) is 0 Å². The van der Waals surface area contributed by atoms with E-state index >= 15 is 0 Å². The topological polar surface area (TPSA) is 17.0 Å². The minimum absolute atomic E-state index is 0.546. The highest BCUT2D eigenvalue weighted by molar-refractivity contribution is 7.07. The summed E-state index contributed by atoms with van der Waals surface area (Å²) >= 11 is 1.76. The minimum Gasteiger partial charge on any atom is -0.343 e. The number of thiophene rings is 1. The highest BCUT2D eigenvalue weighted by Crippen LogP contribution is 2.23. The molecule has 3 rings (SSSR count). The summed E-state index contributed by atoms with van der Waals surface area (Å²) in [7, 11) is 0. The maximum Gasteiger partial charge on any atom is 0.0486 e. The van der Waals surface area contributed by atoms with Crippen molar-refractivity contribution in [3.8, 4) is 0 Å². The number of hydrogen-bond donors (Lipinski definition) is 1. The van der Waals surface area contributed by atoms with Crippen LogP contribution in [0.4, 0.5) is 0 Å². The fourth-order valence-corrected chi connectivity index (χ4v) is 3.39. The second-order valence-electron chi connectivity index (χ2n) is 5.79. The van der Waals surface area contributed by atoms with E-state index in [2.05, 4.69) is 71.0 Å². The Morgan fingerprint density at radius 3 is 2.81 bits per heavy atom. The van der Waals surface area contributed by atoms with Gasteiger partial charge in [0.25, 0.3) is 0 Å². The molecular formula is C18H22N2S. The molecule has 0 amide bonds. The zero-order chi connectivity index (χ0) is 14.7. The lowest BCUT2D eigenvalue weighted by Gasteiger charge is -2.06. The first kappa shape index (κ1) is 14.4. The van der Waals surface area contributed by atoms with E-state index in [0.29, 0.717) is 6.04 Å². The fraction of sp³-hybridized carbons (Fsp3) is 0.333. The van der Waals surface area contributed by atoms with Crippen molar-refractivity contribution in [2.45, 2.75) is 32.9 Å². The molecule has 0 bridgehead atoms. The van der Waals surface area contributed by atoms with Gasteiger partial charge in [0.05, 0.1) is 0 Å². The molecule has 2 heterocycles. The molecule has 0 aliphatic rings. The van der Waals surface area contributed by atoms with Gasteiger partial charge in [0.15, 0.2) is 0 Å². The molecule has 0 aliphatic carbocycles. The maximum absolute atomic E-state index is 3.51. The number of rotatable bonds is 6. The smallest absolute Gasteiger partial charge is 0.0486 e. The molecule has 0 saturated carbocycles. The van der Waals surface area contributed by atoms with E-state index in [1.54, 1.807) is 11.3 Å². The average molecular weight is 298 g/mol. The molecule has 3 heteroatoms. The minimum atomic E-state index is 0.546. The van der Waals surface area contributed by atoms with Gasteiger partial charge in [-0.1, -0.05) is 32.0 Å². The predicted octanol–water partition coefficient (Wildman–Crippen LogP) is 4.29. The fourth-order valence-electron chi connectivity index (χ4n) is 2.73. The predicted molar refractivity (Wildman–Crippen MR) is 92.2 cm³/mol. The van der Waals surface area contributed by atoms with E-state index in [1.807, 2.05) is 0 Å². The number of nitrogens with zero attached hydrogens (tertiary/aromatic N) is 1. The van der Waals surface area contributed by atoms with Crippen molar-refractivity contribution in [2.24, 2.45) is 0 Å². The van der Waals surface area contributed by atoms with Gasteiger partial charge in [-0.2, -0.15) is 11.3 Å². The molecule has 0 spiro atoms. The van der Waals surface area contributed by atoms with Crippen LogP contribution in [0.25, 0.3) is 10.9 Å². The highest BCUT2D eigenvalue weighted by Gasteiger charge is 2.08. The van der Waals surface area contributed by atoms with Gasteiger partial charge < -0.3 is 9.88 Å². The second-order valence-corrected chi connectivity index (χ2v) is 6.57. The number of aromatic nitrogens is 1. The quantitative estimate of drug-likeness (QED) is 0.718. The van der Waals surface area contributed by atoms with Crippen LogP contribution < -0.4 is 5.32 Å². The number of fused-ring (bicyclic) bond motifs is 1. The zero-order valence-corrected chi connectivity index (χ0v) is 13.5. The third kappa shape index (κ3) is 3.36. The van der Waals surface area contributed by atoms with E-state index in [1.165, 1.54) is 22.0 Å². The zero-order valence-electron chi connectivity index (χ0n) is 12.7. The van der Waals surface area contributed by atoms with E-state index in [9.17, 15) is 0 Å². The van der Waals surface area contributed by atoms with Crippen LogP contribution in [0.2, 0.25) is 0 Å². The van der Waals surface area contributed by atoms with Crippen molar-refractivity contribution in [1.82, 2.24) is 9.88 Å². The summed E-state index contributed by atoms with van der Waals surface area (Å²) in [5.74, 6) is 0. The molecule has 0 saturated heterocycles. The lowest BCUT2D eigenvalue weighted by molar-refractivity contribution is 0.590. The summed E-state index contributed by atoms with van der Waals surface area (Å²) in [6, 6.07) is 11.5. The standard InChI is InChI=1S/C18H22N2S/c1-14(2)19-9-7-16-12-20(11-15-8-10-21-13-15)18-6-4-3-5-17(16)18/h3-6,8,10,12-14,19H,7,9,11H2,1-2H3. The molecule has 0 unspecified atom stereocenters. The number of benzene rings is 1. The van der Waals surface area contributed by atoms with Crippen molar-refractivity contribution in [1.29, 1.82) is 0 Å². The Morgan fingerprint density at radius 2 is 2.05 bits per heavy atom. The molecule has 1 N–H and O–H groups in total. The first-order chi connectivity index (χ1) is 10.2. The van der Waals surface area contributed by atoms with Crippen molar-refractivity contribution < 1.29 is 0 Å². The third-order valence-corrected chi connectivity index (χ3v) is 4.48. The van der Waals surface area contributed by atoms with Crippen LogP contribution in [0, 0.1) is 0 Å². The second kappa shape index (κ2) is 6.46. The van der Waals surface area contributed by atoms with Crippen molar-refractivity contribution in [3.63, 3.8) is 0 Å². The van der Waals surface area contributed by atoms with E-state index in [4.69, 9.17) is 0 Å². The van der Waals surface area contributed by atoms with Crippen molar-refractivity contribution in [3.05, 3.63) is 58.4 Å². The Hall–Kier alpha value is -1.58. The average Bonchev–Trinajstić information content (AvgIpc) is 3.09. The molecule has 21 heavy (non-hydrogen) atoms. The molecule has 0 aliphatic heterocycles. The van der Waals surface area contributed by atoms with Crippen LogP contribution in [0.1, 0.15) is 25.0 Å². The Morgan fingerprint density at radius 1 is 1.19 bits per heavy atom. The van der Waals surface area contributed by atoms with Gasteiger partial charge in [0.2, 0.25) is 0 Å². The van der Waals surface area contributed by atoms with Crippen LogP contribution in [0.5, 0.6) is 0 Å². The molecule has 0 radical (unpaired) electrons. The largest absolute Gasteiger partial charge is 0.343 e. The molecule has 1 aromatic carbocycles. The SMILES string of the molecule is CC(C)NCCc1cn(Cc2ccsc2)c2ccccc12. The summed E-state index contributed by atoms with van der Waals surface area (Å²) in [6.45, 7) is 6.38. The highest BCUT2D eigenvalue weighted by atomic mass is 32.1. The lowest BCUT2D eigenvalue weighted by Crippen LogP contribution is -2.24. The van der Waals surface area contributed by atoms with E-state index < -0.39 is 0 Å². The van der Waals surface area contributed by atoms with Gasteiger partial charge in [0.1, 0.15) is 0 Å². The third-order valence-electron chi connectivity index (χ3n) is 3.75. The normalized spacial score (nSPS) is 11.6. The van der Waals surface area contributed by atoms with E-state index in [0.717, 1.165) is 19.5 Å². The summed E-state index contributed by atoms with van der Waals surface area (Å²) < 4.78 is 2.38. The first-order valence-electron chi connectivity index (χ1n) is 7.55. The summed E-state index contributed by atoms with van der Waals surface area (Å²) in [6.07, 6.45) is 3.40. The number of para-hydroxylation sites is 1. The Labute approximate surface area is 130 Å². The van der Waals surface area contributed by atoms with Crippen LogP contribution in [0.15, 0.2) is 47.3 Å². The van der Waals surface area contributed by atoms with Gasteiger partial charge in [-0.15, -0.1) is 0 Å². The van der Waals surface area contributed by atoms with Crippen LogP contribution in [-0.2, 0) is 13.0 Å². The van der Waals surface area contributed by atoms with E-state index in [-0.39, 0.29) is 0 Å². The monoisotopic (exact) mass is 298 g/mol. The molecule has 0 atom stereocenters. The van der Waals surface area contributed by atoms with Gasteiger partial charge in [-0.05, 0) is 47.0 Å². The molecule has 2 aromatic heterocycles. The molecule has 110 valence electrons. The molecular weight excluding hydrogens is 276 g/mol. The van der Waals surface area contributed by atoms with Crippen molar-refractivity contribution >= 4 is 22.2 Å².